The highest BCUT2D eigenvalue weighted by Gasteiger charge is 2.33. The van der Waals surface area contributed by atoms with Crippen molar-refractivity contribution in [3.63, 3.8) is 0 Å². The molecule has 0 atom stereocenters. The van der Waals surface area contributed by atoms with E-state index >= 15 is 0 Å². The molecule has 2 heterocycles. The van der Waals surface area contributed by atoms with Crippen molar-refractivity contribution in [3.05, 3.63) is 28.0 Å². The molecule has 0 aromatic carbocycles. The third-order valence-corrected chi connectivity index (χ3v) is 4.00. The van der Waals surface area contributed by atoms with Crippen molar-refractivity contribution in [2.75, 3.05) is 26.7 Å². The number of aromatic nitrogens is 1. The summed E-state index contributed by atoms with van der Waals surface area (Å²) in [6, 6.07) is 3.11. The molecule has 1 aromatic heterocycles. The molecule has 1 aromatic rings. The van der Waals surface area contributed by atoms with Crippen LogP contribution in [0.15, 0.2) is 12.1 Å². The maximum absolute atomic E-state index is 12.5. The van der Waals surface area contributed by atoms with Gasteiger partial charge in [-0.25, -0.2) is 4.98 Å². The Morgan fingerprint density at radius 3 is 2.37 bits per heavy atom. The fourth-order valence-electron chi connectivity index (χ4n) is 2.18. The summed E-state index contributed by atoms with van der Waals surface area (Å²) >= 11 is 11.7. The Kier molecular flexibility index (Phi) is 4.04. The van der Waals surface area contributed by atoms with Gasteiger partial charge in [-0.15, -0.1) is 0 Å². The van der Waals surface area contributed by atoms with Crippen LogP contribution in [0.1, 0.15) is 24.2 Å². The summed E-state index contributed by atoms with van der Waals surface area (Å²) in [5.74, 6) is -0.0487. The largest absolute Gasteiger partial charge is 0.336 e. The van der Waals surface area contributed by atoms with Crippen LogP contribution in [0.4, 0.5) is 0 Å². The Bertz CT molecular complexity index is 484. The van der Waals surface area contributed by atoms with Crippen molar-refractivity contribution in [1.82, 2.24) is 14.8 Å². The van der Waals surface area contributed by atoms with Crippen LogP contribution >= 0.6 is 23.2 Å². The minimum atomic E-state index is -0.0487. The first-order valence-corrected chi connectivity index (χ1v) is 6.89. The van der Waals surface area contributed by atoms with Crippen molar-refractivity contribution in [3.8, 4) is 0 Å². The van der Waals surface area contributed by atoms with Crippen LogP contribution in [0.3, 0.4) is 0 Å². The second kappa shape index (κ2) is 5.27. The lowest BCUT2D eigenvalue weighted by atomic mass is 9.99. The lowest BCUT2D eigenvalue weighted by molar-refractivity contribution is 0.0311. The number of pyridine rings is 1. The van der Waals surface area contributed by atoms with Gasteiger partial charge in [0.15, 0.2) is 0 Å². The smallest absolute Gasteiger partial charge is 0.254 e. The van der Waals surface area contributed by atoms with E-state index in [-0.39, 0.29) is 21.8 Å². The average Bonchev–Trinajstić information content (AvgIpc) is 2.30. The fourth-order valence-corrected chi connectivity index (χ4v) is 2.64. The molecule has 0 N–H and O–H groups in total. The van der Waals surface area contributed by atoms with Crippen LogP contribution in [-0.4, -0.2) is 52.9 Å². The molecule has 104 valence electrons. The van der Waals surface area contributed by atoms with E-state index < -0.39 is 0 Å². The zero-order valence-electron chi connectivity index (χ0n) is 11.3. The Labute approximate surface area is 123 Å². The van der Waals surface area contributed by atoms with Gasteiger partial charge in [0, 0.05) is 30.7 Å². The first kappa shape index (κ1) is 14.6. The van der Waals surface area contributed by atoms with E-state index in [0.29, 0.717) is 18.7 Å². The average molecular weight is 302 g/mol. The van der Waals surface area contributed by atoms with Crippen molar-refractivity contribution in [2.24, 2.45) is 0 Å². The highest BCUT2D eigenvalue weighted by Crippen LogP contribution is 2.22. The molecule has 0 radical (unpaired) electrons. The molecular weight excluding hydrogens is 285 g/mol. The number of carbonyl (C=O) groups is 1. The molecule has 2 rings (SSSR count). The number of hydrogen-bond acceptors (Lipinski definition) is 3. The molecular formula is C13H17Cl2N3O. The Morgan fingerprint density at radius 1 is 1.26 bits per heavy atom. The first-order valence-electron chi connectivity index (χ1n) is 6.13. The van der Waals surface area contributed by atoms with E-state index in [1.54, 1.807) is 12.1 Å². The molecule has 0 saturated carbocycles. The van der Waals surface area contributed by atoms with E-state index in [0.717, 1.165) is 6.54 Å². The van der Waals surface area contributed by atoms with Crippen LogP contribution in [0.25, 0.3) is 0 Å². The van der Waals surface area contributed by atoms with Crippen LogP contribution in [0.2, 0.25) is 10.3 Å². The van der Waals surface area contributed by atoms with E-state index in [1.165, 1.54) is 0 Å². The second-order valence-corrected chi connectivity index (χ2v) is 6.24. The lowest BCUT2D eigenvalue weighted by Gasteiger charge is -2.45. The summed E-state index contributed by atoms with van der Waals surface area (Å²) < 4.78 is 0. The summed E-state index contributed by atoms with van der Waals surface area (Å²) in [7, 11) is 2.07. The Balaban J connectivity index is 2.20. The fraction of sp³-hybridized carbons (Fsp3) is 0.538. The van der Waals surface area contributed by atoms with Crippen molar-refractivity contribution >= 4 is 29.1 Å². The normalized spacial score (nSPS) is 19.5. The molecule has 0 spiro atoms. The van der Waals surface area contributed by atoms with Gasteiger partial charge in [-0.2, -0.15) is 0 Å². The zero-order chi connectivity index (χ0) is 14.2. The Morgan fingerprint density at radius 2 is 1.84 bits per heavy atom. The van der Waals surface area contributed by atoms with Gasteiger partial charge >= 0.3 is 0 Å². The predicted octanol–water partition coefficient (Wildman–Crippen LogP) is 2.55. The number of carbonyl (C=O) groups excluding carboxylic acids is 1. The third kappa shape index (κ3) is 3.19. The summed E-state index contributed by atoms with van der Waals surface area (Å²) in [5.41, 5.74) is 0.458. The van der Waals surface area contributed by atoms with Crippen molar-refractivity contribution in [1.29, 1.82) is 0 Å². The molecule has 1 fully saturated rings. The summed E-state index contributed by atoms with van der Waals surface area (Å²) in [4.78, 5) is 20.4. The Hall–Kier alpha value is -0.840. The second-order valence-electron chi connectivity index (χ2n) is 5.46. The quantitative estimate of drug-likeness (QED) is 0.748. The summed E-state index contributed by atoms with van der Waals surface area (Å²) in [5, 5.41) is 0.480. The molecule has 0 unspecified atom stereocenters. The highest BCUT2D eigenvalue weighted by molar-refractivity contribution is 6.33. The number of amides is 1. The molecule has 1 aliphatic heterocycles. The van der Waals surface area contributed by atoms with Crippen LogP contribution in [0, 0.1) is 0 Å². The van der Waals surface area contributed by atoms with Gasteiger partial charge in [0.1, 0.15) is 10.3 Å². The monoisotopic (exact) mass is 301 g/mol. The minimum Gasteiger partial charge on any atom is -0.336 e. The number of likely N-dealkylation sites (N-methyl/N-ethyl adjacent to an activating group) is 1. The topological polar surface area (TPSA) is 36.4 Å². The van der Waals surface area contributed by atoms with Gasteiger partial charge in [-0.1, -0.05) is 23.2 Å². The SMILES string of the molecule is CN1CCN(C(=O)c2cc(Cl)nc(Cl)c2)CC1(C)C. The number of rotatable bonds is 1. The number of halogens is 2. The summed E-state index contributed by atoms with van der Waals surface area (Å²) in [6.45, 7) is 6.49. The number of hydrogen-bond donors (Lipinski definition) is 0. The molecule has 1 aliphatic rings. The lowest BCUT2D eigenvalue weighted by Crippen LogP contribution is -2.58. The van der Waals surface area contributed by atoms with Crippen LogP contribution in [-0.2, 0) is 0 Å². The van der Waals surface area contributed by atoms with E-state index in [9.17, 15) is 4.79 Å². The van der Waals surface area contributed by atoms with Gasteiger partial charge < -0.3 is 4.90 Å². The zero-order valence-corrected chi connectivity index (χ0v) is 12.8. The van der Waals surface area contributed by atoms with Gasteiger partial charge in [-0.3, -0.25) is 9.69 Å². The molecule has 1 amide bonds. The van der Waals surface area contributed by atoms with Crippen LogP contribution < -0.4 is 0 Å². The van der Waals surface area contributed by atoms with Gasteiger partial charge in [0.05, 0.1) is 0 Å². The molecule has 4 nitrogen and oxygen atoms in total. The van der Waals surface area contributed by atoms with Gasteiger partial charge in [-0.05, 0) is 33.0 Å². The van der Waals surface area contributed by atoms with E-state index in [4.69, 9.17) is 23.2 Å². The maximum Gasteiger partial charge on any atom is 0.254 e. The van der Waals surface area contributed by atoms with E-state index in [2.05, 4.69) is 30.8 Å². The van der Waals surface area contributed by atoms with Crippen molar-refractivity contribution in [2.45, 2.75) is 19.4 Å². The first-order chi connectivity index (χ1) is 8.79. The van der Waals surface area contributed by atoms with E-state index in [1.807, 2.05) is 4.90 Å². The van der Waals surface area contributed by atoms with Gasteiger partial charge in [0.2, 0.25) is 0 Å². The molecule has 1 saturated heterocycles. The molecule has 0 aliphatic carbocycles. The molecule has 19 heavy (non-hydrogen) atoms. The number of piperazine rings is 1. The van der Waals surface area contributed by atoms with Gasteiger partial charge in [0.25, 0.3) is 5.91 Å². The maximum atomic E-state index is 12.5. The van der Waals surface area contributed by atoms with Crippen LogP contribution in [0.5, 0.6) is 0 Å². The van der Waals surface area contributed by atoms with Crippen molar-refractivity contribution < 1.29 is 4.79 Å². The summed E-state index contributed by atoms with van der Waals surface area (Å²) in [6.07, 6.45) is 0. The predicted molar refractivity (Wildman–Crippen MR) is 76.9 cm³/mol. The third-order valence-electron chi connectivity index (χ3n) is 3.61. The number of nitrogens with zero attached hydrogens (tertiary/aromatic N) is 3. The molecule has 6 heteroatoms. The molecule has 0 bridgehead atoms. The minimum absolute atomic E-state index is 0.0332. The highest BCUT2D eigenvalue weighted by atomic mass is 35.5. The standard InChI is InChI=1S/C13H17Cl2N3O/c1-13(2)8-18(5-4-17(13)3)12(19)9-6-10(14)16-11(15)7-9/h6-7H,4-5,8H2,1-3H3.